The predicted molar refractivity (Wildman–Crippen MR) is 45.3 cm³/mol. The highest BCUT2D eigenvalue weighted by Crippen LogP contribution is 2.05. The molecule has 0 aliphatic carbocycles. The summed E-state index contributed by atoms with van der Waals surface area (Å²) in [5.74, 6) is -0.790. The summed E-state index contributed by atoms with van der Waals surface area (Å²) in [5, 5.41) is 8.34. The SMILES string of the molecule is C=CC=C(C=C)CCC(=O)O. The molecule has 11 heavy (non-hydrogen) atoms. The lowest BCUT2D eigenvalue weighted by molar-refractivity contribution is -0.136. The van der Waals surface area contributed by atoms with E-state index in [1.807, 2.05) is 0 Å². The molecular weight excluding hydrogens is 140 g/mol. The van der Waals surface area contributed by atoms with Crippen molar-refractivity contribution < 1.29 is 9.90 Å². The van der Waals surface area contributed by atoms with Gasteiger partial charge in [0.2, 0.25) is 0 Å². The largest absolute Gasteiger partial charge is 0.481 e. The molecule has 0 rings (SSSR count). The van der Waals surface area contributed by atoms with E-state index in [9.17, 15) is 4.79 Å². The van der Waals surface area contributed by atoms with Crippen LogP contribution in [0.3, 0.4) is 0 Å². The topological polar surface area (TPSA) is 37.3 Å². The third kappa shape index (κ3) is 5.15. The van der Waals surface area contributed by atoms with Crippen LogP contribution in [0, 0.1) is 0 Å². The van der Waals surface area contributed by atoms with E-state index in [0.717, 1.165) is 5.57 Å². The van der Waals surface area contributed by atoms with E-state index in [4.69, 9.17) is 5.11 Å². The number of rotatable bonds is 5. The number of carbonyl (C=O) groups is 1. The van der Waals surface area contributed by atoms with Gasteiger partial charge in [0.1, 0.15) is 0 Å². The summed E-state index contributed by atoms with van der Waals surface area (Å²) in [6, 6.07) is 0. The predicted octanol–water partition coefficient (Wildman–Crippen LogP) is 2.15. The summed E-state index contributed by atoms with van der Waals surface area (Å²) >= 11 is 0. The van der Waals surface area contributed by atoms with Crippen molar-refractivity contribution in [2.24, 2.45) is 0 Å². The normalized spacial score (nSPS) is 10.7. The summed E-state index contributed by atoms with van der Waals surface area (Å²) < 4.78 is 0. The quantitative estimate of drug-likeness (QED) is 0.613. The second-order valence-corrected chi connectivity index (χ2v) is 2.08. The standard InChI is InChI=1S/C9H12O2/c1-3-5-8(4-2)6-7-9(10)11/h3-5H,1-2,6-7H2,(H,10,11). The maximum atomic E-state index is 10.1. The fraction of sp³-hybridized carbons (Fsp3) is 0.222. The Labute approximate surface area is 66.5 Å². The van der Waals surface area contributed by atoms with Gasteiger partial charge in [0.15, 0.2) is 0 Å². The van der Waals surface area contributed by atoms with E-state index in [1.165, 1.54) is 0 Å². The number of aliphatic carboxylic acids is 1. The zero-order valence-electron chi connectivity index (χ0n) is 6.42. The zero-order valence-corrected chi connectivity index (χ0v) is 6.42. The third-order valence-electron chi connectivity index (χ3n) is 1.22. The van der Waals surface area contributed by atoms with Crippen molar-refractivity contribution in [1.29, 1.82) is 0 Å². The highest BCUT2D eigenvalue weighted by molar-refractivity contribution is 5.67. The van der Waals surface area contributed by atoms with Gasteiger partial charge in [-0.15, -0.1) is 0 Å². The zero-order chi connectivity index (χ0) is 8.69. The molecule has 0 aliphatic heterocycles. The van der Waals surface area contributed by atoms with Gasteiger partial charge in [-0.2, -0.15) is 0 Å². The van der Waals surface area contributed by atoms with Crippen LogP contribution >= 0.6 is 0 Å². The Morgan fingerprint density at radius 2 is 2.00 bits per heavy atom. The Morgan fingerprint density at radius 3 is 2.36 bits per heavy atom. The van der Waals surface area contributed by atoms with Crippen LogP contribution in [0.25, 0.3) is 0 Å². The lowest BCUT2D eigenvalue weighted by atomic mass is 10.1. The minimum absolute atomic E-state index is 0.145. The van der Waals surface area contributed by atoms with Crippen LogP contribution in [0.15, 0.2) is 37.0 Å². The fourth-order valence-corrected chi connectivity index (χ4v) is 0.656. The van der Waals surface area contributed by atoms with Gasteiger partial charge in [-0.1, -0.05) is 31.4 Å². The van der Waals surface area contributed by atoms with Crippen LogP contribution in [0.5, 0.6) is 0 Å². The molecule has 0 heterocycles. The molecule has 0 radical (unpaired) electrons. The molecule has 0 amide bonds. The number of allylic oxidation sites excluding steroid dienone is 4. The molecule has 0 spiro atoms. The monoisotopic (exact) mass is 152 g/mol. The molecule has 0 unspecified atom stereocenters. The second kappa shape index (κ2) is 5.47. The third-order valence-corrected chi connectivity index (χ3v) is 1.22. The van der Waals surface area contributed by atoms with Crippen molar-refractivity contribution in [2.75, 3.05) is 0 Å². The molecule has 0 aliphatic rings. The Kier molecular flexibility index (Phi) is 4.82. The molecule has 0 saturated carbocycles. The first kappa shape index (κ1) is 9.69. The van der Waals surface area contributed by atoms with Gasteiger partial charge in [-0.05, 0) is 12.0 Å². The summed E-state index contributed by atoms with van der Waals surface area (Å²) in [6.45, 7) is 7.05. The van der Waals surface area contributed by atoms with Crippen LogP contribution in [0.2, 0.25) is 0 Å². The molecule has 0 atom stereocenters. The first-order valence-electron chi connectivity index (χ1n) is 3.36. The first-order valence-corrected chi connectivity index (χ1v) is 3.36. The number of carboxylic acids is 1. The highest BCUT2D eigenvalue weighted by atomic mass is 16.4. The van der Waals surface area contributed by atoms with Gasteiger partial charge in [0.05, 0.1) is 0 Å². The Hall–Kier alpha value is -1.31. The number of hydrogen-bond donors (Lipinski definition) is 1. The lowest BCUT2D eigenvalue weighted by Crippen LogP contribution is -1.94. The summed E-state index contributed by atoms with van der Waals surface area (Å²) in [4.78, 5) is 10.1. The second-order valence-electron chi connectivity index (χ2n) is 2.08. The molecular formula is C9H12O2. The van der Waals surface area contributed by atoms with E-state index in [2.05, 4.69) is 13.2 Å². The average molecular weight is 152 g/mol. The highest BCUT2D eigenvalue weighted by Gasteiger charge is 1.97. The van der Waals surface area contributed by atoms with Crippen LogP contribution in [-0.2, 0) is 4.79 Å². The van der Waals surface area contributed by atoms with E-state index < -0.39 is 5.97 Å². The first-order chi connectivity index (χ1) is 5.20. The molecule has 2 nitrogen and oxygen atoms in total. The molecule has 0 aromatic heterocycles. The van der Waals surface area contributed by atoms with Crippen molar-refractivity contribution >= 4 is 5.97 Å². The average Bonchev–Trinajstić information content (AvgIpc) is 1.97. The summed E-state index contributed by atoms with van der Waals surface area (Å²) in [7, 11) is 0. The van der Waals surface area contributed by atoms with Crippen molar-refractivity contribution in [2.45, 2.75) is 12.8 Å². The molecule has 0 saturated heterocycles. The minimum atomic E-state index is -0.790. The van der Waals surface area contributed by atoms with Gasteiger partial charge >= 0.3 is 5.97 Å². The number of hydrogen-bond acceptors (Lipinski definition) is 1. The smallest absolute Gasteiger partial charge is 0.303 e. The molecule has 60 valence electrons. The molecule has 0 bridgehead atoms. The van der Waals surface area contributed by atoms with Gasteiger partial charge < -0.3 is 5.11 Å². The Balaban J connectivity index is 3.88. The molecule has 2 heteroatoms. The molecule has 0 fully saturated rings. The van der Waals surface area contributed by atoms with E-state index in [1.54, 1.807) is 18.2 Å². The van der Waals surface area contributed by atoms with Crippen molar-refractivity contribution in [1.82, 2.24) is 0 Å². The van der Waals surface area contributed by atoms with Crippen LogP contribution in [-0.4, -0.2) is 11.1 Å². The molecule has 0 aromatic carbocycles. The minimum Gasteiger partial charge on any atom is -0.481 e. The fourth-order valence-electron chi connectivity index (χ4n) is 0.656. The van der Waals surface area contributed by atoms with E-state index in [-0.39, 0.29) is 6.42 Å². The van der Waals surface area contributed by atoms with Gasteiger partial charge in [0.25, 0.3) is 0 Å². The van der Waals surface area contributed by atoms with Gasteiger partial charge in [0, 0.05) is 6.42 Å². The van der Waals surface area contributed by atoms with Gasteiger partial charge in [-0.3, -0.25) is 4.79 Å². The molecule has 0 aromatic rings. The van der Waals surface area contributed by atoms with Crippen molar-refractivity contribution in [3.8, 4) is 0 Å². The number of carboxylic acid groups (broad SMARTS) is 1. The van der Waals surface area contributed by atoms with E-state index in [0.29, 0.717) is 6.42 Å². The maximum Gasteiger partial charge on any atom is 0.303 e. The Bertz CT molecular complexity index is 190. The maximum absolute atomic E-state index is 10.1. The van der Waals surface area contributed by atoms with Gasteiger partial charge in [-0.25, -0.2) is 0 Å². The van der Waals surface area contributed by atoms with Crippen molar-refractivity contribution in [3.05, 3.63) is 37.0 Å². The molecule has 1 N–H and O–H groups in total. The van der Waals surface area contributed by atoms with Crippen molar-refractivity contribution in [3.63, 3.8) is 0 Å². The van der Waals surface area contributed by atoms with Crippen LogP contribution in [0.4, 0.5) is 0 Å². The lowest BCUT2D eigenvalue weighted by Gasteiger charge is -1.95. The Morgan fingerprint density at radius 1 is 1.36 bits per heavy atom. The summed E-state index contributed by atoms with van der Waals surface area (Å²) in [6.07, 6.45) is 5.69. The van der Waals surface area contributed by atoms with E-state index >= 15 is 0 Å². The van der Waals surface area contributed by atoms with Crippen LogP contribution in [0.1, 0.15) is 12.8 Å². The summed E-state index contributed by atoms with van der Waals surface area (Å²) in [5.41, 5.74) is 0.905. The van der Waals surface area contributed by atoms with Crippen LogP contribution < -0.4 is 0 Å².